The summed E-state index contributed by atoms with van der Waals surface area (Å²) in [5.74, 6) is 0.769. The molecule has 0 spiro atoms. The maximum absolute atomic E-state index is 12.9. The van der Waals surface area contributed by atoms with Gasteiger partial charge in [0.05, 0.1) is 24.1 Å². The van der Waals surface area contributed by atoms with E-state index in [-0.39, 0.29) is 17.2 Å². The van der Waals surface area contributed by atoms with Gasteiger partial charge in [-0.05, 0) is 49.4 Å². The average molecular weight is 409 g/mol. The Balaban J connectivity index is 1.46. The second-order valence-corrected chi connectivity index (χ2v) is 8.41. The zero-order valence-electron chi connectivity index (χ0n) is 16.5. The van der Waals surface area contributed by atoms with Crippen LogP contribution in [0.4, 0.5) is 0 Å². The number of fused-ring (bicyclic) bond motifs is 1. The van der Waals surface area contributed by atoms with Crippen molar-refractivity contribution < 1.29 is 9.53 Å². The first-order chi connectivity index (χ1) is 14.2. The van der Waals surface area contributed by atoms with Crippen molar-refractivity contribution in [2.24, 2.45) is 0 Å². The molecule has 3 aromatic rings. The predicted molar refractivity (Wildman–Crippen MR) is 113 cm³/mol. The summed E-state index contributed by atoms with van der Waals surface area (Å²) in [4.78, 5) is 12.9. The number of methoxy groups -OCH3 is 1. The van der Waals surface area contributed by atoms with E-state index < -0.39 is 0 Å². The summed E-state index contributed by atoms with van der Waals surface area (Å²) < 4.78 is 7.17. The fourth-order valence-electron chi connectivity index (χ4n) is 3.65. The molecule has 1 aliphatic carbocycles. The Hall–Kier alpha value is -2.80. The van der Waals surface area contributed by atoms with Crippen LogP contribution in [-0.4, -0.2) is 33.0 Å². The quantitative estimate of drug-likeness (QED) is 0.626. The standard InChI is InChI=1S/C22H24N4O2S/c1-15(21(27)24-20-12-5-8-16-7-3-4-11-19(16)20)29-22-25-23-14-26(22)17-9-6-10-18(13-17)28-2/h3-4,6-7,9-11,13-15,20H,5,8,12H2,1-2H3,(H,24,27). The minimum Gasteiger partial charge on any atom is -0.497 e. The number of hydrogen-bond acceptors (Lipinski definition) is 5. The van der Waals surface area contributed by atoms with Gasteiger partial charge >= 0.3 is 0 Å². The van der Waals surface area contributed by atoms with Crippen molar-refractivity contribution in [1.29, 1.82) is 0 Å². The van der Waals surface area contributed by atoms with E-state index in [4.69, 9.17) is 4.74 Å². The zero-order valence-corrected chi connectivity index (χ0v) is 17.4. The minimum atomic E-state index is -0.294. The molecule has 0 fully saturated rings. The molecule has 150 valence electrons. The first kappa shape index (κ1) is 19.5. The molecule has 1 heterocycles. The van der Waals surface area contributed by atoms with Crippen LogP contribution in [0.5, 0.6) is 5.75 Å². The third-order valence-electron chi connectivity index (χ3n) is 5.19. The van der Waals surface area contributed by atoms with Gasteiger partial charge in [-0.2, -0.15) is 0 Å². The van der Waals surface area contributed by atoms with Gasteiger partial charge < -0.3 is 10.1 Å². The number of aryl methyl sites for hydroxylation is 1. The predicted octanol–water partition coefficient (Wildman–Crippen LogP) is 3.95. The largest absolute Gasteiger partial charge is 0.497 e. The highest BCUT2D eigenvalue weighted by Crippen LogP contribution is 2.31. The fraction of sp³-hybridized carbons (Fsp3) is 0.318. The number of aromatic nitrogens is 3. The van der Waals surface area contributed by atoms with E-state index in [1.807, 2.05) is 41.8 Å². The van der Waals surface area contributed by atoms with Crippen molar-refractivity contribution in [2.75, 3.05) is 7.11 Å². The Morgan fingerprint density at radius 1 is 1.28 bits per heavy atom. The molecule has 1 aromatic heterocycles. The van der Waals surface area contributed by atoms with E-state index in [0.29, 0.717) is 5.16 Å². The normalized spacial score (nSPS) is 16.7. The third-order valence-corrected chi connectivity index (χ3v) is 6.24. The summed E-state index contributed by atoms with van der Waals surface area (Å²) in [7, 11) is 1.64. The van der Waals surface area contributed by atoms with Crippen LogP contribution in [0.2, 0.25) is 0 Å². The van der Waals surface area contributed by atoms with Crippen LogP contribution in [-0.2, 0) is 11.2 Å². The van der Waals surface area contributed by atoms with Gasteiger partial charge in [0.25, 0.3) is 0 Å². The SMILES string of the molecule is COc1cccc(-n2cnnc2SC(C)C(=O)NC2CCCc3ccccc32)c1. The molecule has 0 bridgehead atoms. The molecule has 6 nitrogen and oxygen atoms in total. The van der Waals surface area contributed by atoms with Crippen LogP contribution >= 0.6 is 11.8 Å². The van der Waals surface area contributed by atoms with E-state index >= 15 is 0 Å². The highest BCUT2D eigenvalue weighted by atomic mass is 32.2. The Bertz CT molecular complexity index is 1000. The van der Waals surface area contributed by atoms with Gasteiger partial charge in [-0.1, -0.05) is 42.1 Å². The Labute approximate surface area is 174 Å². The first-order valence-electron chi connectivity index (χ1n) is 9.75. The lowest BCUT2D eigenvalue weighted by Crippen LogP contribution is -2.36. The maximum Gasteiger partial charge on any atom is 0.233 e. The molecule has 0 saturated carbocycles. The molecule has 1 amide bonds. The summed E-state index contributed by atoms with van der Waals surface area (Å²) in [6.07, 6.45) is 4.80. The molecule has 1 aliphatic rings. The number of benzene rings is 2. The number of ether oxygens (including phenoxy) is 1. The van der Waals surface area contributed by atoms with Crippen molar-refractivity contribution >= 4 is 17.7 Å². The molecule has 0 saturated heterocycles. The van der Waals surface area contributed by atoms with Crippen molar-refractivity contribution in [1.82, 2.24) is 20.1 Å². The molecule has 1 N–H and O–H groups in total. The van der Waals surface area contributed by atoms with E-state index in [2.05, 4.69) is 33.7 Å². The summed E-state index contributed by atoms with van der Waals surface area (Å²) in [5, 5.41) is 11.8. The Morgan fingerprint density at radius 3 is 3.00 bits per heavy atom. The van der Waals surface area contributed by atoms with E-state index in [1.165, 1.54) is 22.9 Å². The number of nitrogens with zero attached hydrogens (tertiary/aromatic N) is 3. The van der Waals surface area contributed by atoms with Crippen molar-refractivity contribution in [3.05, 3.63) is 66.0 Å². The van der Waals surface area contributed by atoms with Crippen LogP contribution < -0.4 is 10.1 Å². The second kappa shape index (κ2) is 8.69. The number of carbonyl (C=O) groups is 1. The van der Waals surface area contributed by atoms with E-state index in [0.717, 1.165) is 30.7 Å². The van der Waals surface area contributed by atoms with Crippen molar-refractivity contribution in [2.45, 2.75) is 42.6 Å². The summed E-state index contributed by atoms with van der Waals surface area (Å²) in [5.41, 5.74) is 3.47. The van der Waals surface area contributed by atoms with Crippen molar-refractivity contribution in [3.8, 4) is 11.4 Å². The number of nitrogens with one attached hydrogen (secondary N) is 1. The summed E-state index contributed by atoms with van der Waals surface area (Å²) in [6, 6.07) is 16.1. The zero-order chi connectivity index (χ0) is 20.2. The number of carbonyl (C=O) groups excluding carboxylic acids is 1. The summed E-state index contributed by atoms with van der Waals surface area (Å²) >= 11 is 1.40. The monoisotopic (exact) mass is 408 g/mol. The van der Waals surface area contributed by atoms with Gasteiger partial charge in [0.1, 0.15) is 12.1 Å². The Kier molecular flexibility index (Phi) is 5.85. The van der Waals surface area contributed by atoms with Crippen LogP contribution in [0.3, 0.4) is 0 Å². The number of rotatable bonds is 6. The smallest absolute Gasteiger partial charge is 0.233 e. The fourth-order valence-corrected chi connectivity index (χ4v) is 4.50. The molecular weight excluding hydrogens is 384 g/mol. The lowest BCUT2D eigenvalue weighted by Gasteiger charge is -2.27. The van der Waals surface area contributed by atoms with Gasteiger partial charge in [-0.25, -0.2) is 0 Å². The lowest BCUT2D eigenvalue weighted by molar-refractivity contribution is -0.121. The van der Waals surface area contributed by atoms with Crippen LogP contribution in [0.25, 0.3) is 5.69 Å². The minimum absolute atomic E-state index is 0.0110. The van der Waals surface area contributed by atoms with Gasteiger partial charge in [-0.3, -0.25) is 9.36 Å². The molecule has 29 heavy (non-hydrogen) atoms. The molecule has 7 heteroatoms. The van der Waals surface area contributed by atoms with Crippen LogP contribution in [0, 0.1) is 0 Å². The third kappa shape index (κ3) is 4.29. The van der Waals surface area contributed by atoms with Crippen LogP contribution in [0.15, 0.2) is 60.0 Å². The summed E-state index contributed by atoms with van der Waals surface area (Å²) in [6.45, 7) is 1.90. The van der Waals surface area contributed by atoms with Crippen molar-refractivity contribution in [3.63, 3.8) is 0 Å². The van der Waals surface area contributed by atoms with Crippen LogP contribution in [0.1, 0.15) is 36.9 Å². The molecule has 2 aromatic carbocycles. The second-order valence-electron chi connectivity index (χ2n) is 7.10. The molecule has 2 atom stereocenters. The van der Waals surface area contributed by atoms with E-state index in [9.17, 15) is 4.79 Å². The maximum atomic E-state index is 12.9. The topological polar surface area (TPSA) is 69.0 Å². The lowest BCUT2D eigenvalue weighted by atomic mass is 9.88. The number of hydrogen-bond donors (Lipinski definition) is 1. The molecule has 2 unspecified atom stereocenters. The van der Waals surface area contributed by atoms with E-state index in [1.54, 1.807) is 13.4 Å². The molecule has 0 radical (unpaired) electrons. The highest BCUT2D eigenvalue weighted by Gasteiger charge is 2.25. The number of amides is 1. The number of thioether (sulfide) groups is 1. The van der Waals surface area contributed by atoms with Gasteiger partial charge in [0.2, 0.25) is 5.91 Å². The highest BCUT2D eigenvalue weighted by molar-refractivity contribution is 8.00. The Morgan fingerprint density at radius 2 is 2.14 bits per heavy atom. The molecular formula is C22H24N4O2S. The molecule has 4 rings (SSSR count). The molecule has 0 aliphatic heterocycles. The first-order valence-corrected chi connectivity index (χ1v) is 10.6. The van der Waals surface area contributed by atoms with Gasteiger partial charge in [0.15, 0.2) is 5.16 Å². The van der Waals surface area contributed by atoms with Gasteiger partial charge in [0, 0.05) is 6.07 Å². The average Bonchev–Trinajstić information content (AvgIpc) is 3.22. The van der Waals surface area contributed by atoms with Gasteiger partial charge in [-0.15, -0.1) is 10.2 Å².